The quantitative estimate of drug-likeness (QED) is 0.504. The van der Waals surface area contributed by atoms with Crippen LogP contribution in [0.4, 0.5) is 0 Å². The lowest BCUT2D eigenvalue weighted by Gasteiger charge is -2.15. The number of halogens is 2. The van der Waals surface area contributed by atoms with E-state index in [1.54, 1.807) is 22.8 Å². The van der Waals surface area contributed by atoms with Gasteiger partial charge in [-0.2, -0.15) is 0 Å². The summed E-state index contributed by atoms with van der Waals surface area (Å²) in [5, 5.41) is 13.0. The van der Waals surface area contributed by atoms with E-state index in [1.165, 1.54) is 11.8 Å². The highest BCUT2D eigenvalue weighted by Crippen LogP contribution is 2.25. The fraction of sp³-hybridized carbons (Fsp3) is 0.250. The summed E-state index contributed by atoms with van der Waals surface area (Å²) in [4.78, 5) is 12.3. The van der Waals surface area contributed by atoms with Crippen LogP contribution in [0.1, 0.15) is 24.4 Å². The molecule has 0 radical (unpaired) electrons. The molecule has 152 valence electrons. The molecule has 0 saturated heterocycles. The predicted molar refractivity (Wildman–Crippen MR) is 116 cm³/mol. The van der Waals surface area contributed by atoms with Gasteiger partial charge in [-0.3, -0.25) is 4.79 Å². The average Bonchev–Trinajstić information content (AvgIpc) is 3.05. The first-order valence-corrected chi connectivity index (χ1v) is 10.6. The molecule has 29 heavy (non-hydrogen) atoms. The fourth-order valence-electron chi connectivity index (χ4n) is 2.62. The van der Waals surface area contributed by atoms with Gasteiger partial charge in [0, 0.05) is 12.1 Å². The molecule has 1 atom stereocenters. The van der Waals surface area contributed by atoms with Crippen LogP contribution in [-0.4, -0.2) is 26.4 Å². The number of nitrogens with zero attached hydrogens (tertiary/aromatic N) is 3. The van der Waals surface area contributed by atoms with Crippen molar-refractivity contribution in [3.63, 3.8) is 0 Å². The third-order valence-electron chi connectivity index (χ3n) is 4.20. The molecule has 3 rings (SSSR count). The molecule has 0 fully saturated rings. The third-order valence-corrected chi connectivity index (χ3v) is 5.88. The van der Waals surface area contributed by atoms with Crippen molar-refractivity contribution in [2.75, 3.05) is 5.75 Å². The Morgan fingerprint density at radius 2 is 1.83 bits per heavy atom. The first-order chi connectivity index (χ1) is 14.0. The van der Waals surface area contributed by atoms with E-state index in [0.29, 0.717) is 26.8 Å². The van der Waals surface area contributed by atoms with Crippen molar-refractivity contribution in [2.24, 2.45) is 7.05 Å². The summed E-state index contributed by atoms with van der Waals surface area (Å²) in [6, 6.07) is 14.5. The number of thioether (sulfide) groups is 1. The third kappa shape index (κ3) is 5.65. The Bertz CT molecular complexity index is 996. The van der Waals surface area contributed by atoms with E-state index in [1.807, 2.05) is 44.3 Å². The molecule has 0 aliphatic heterocycles. The molecule has 9 heteroatoms. The largest absolute Gasteiger partial charge is 0.484 e. The molecule has 3 aromatic rings. The van der Waals surface area contributed by atoms with Crippen LogP contribution >= 0.6 is 35.0 Å². The lowest BCUT2D eigenvalue weighted by atomic mass is 10.1. The summed E-state index contributed by atoms with van der Waals surface area (Å²) in [5.74, 6) is 1.32. The summed E-state index contributed by atoms with van der Waals surface area (Å²) in [5.41, 5.74) is 0.880. The molecule has 0 bridgehead atoms. The van der Waals surface area contributed by atoms with Crippen LogP contribution in [0.3, 0.4) is 0 Å². The van der Waals surface area contributed by atoms with Crippen molar-refractivity contribution in [1.82, 2.24) is 20.1 Å². The second-order valence-electron chi connectivity index (χ2n) is 6.28. The maximum Gasteiger partial charge on any atom is 0.230 e. The molecule has 0 spiro atoms. The standard InChI is InChI=1S/C20H20Cl2N4O2S/c1-13(14-7-3-4-8-15(14)21)23-19(27)12-29-20-25-24-18(26(20)2)11-28-17-10-6-5-9-16(17)22/h3-10,13H,11-12H2,1-2H3,(H,23,27). The number of ether oxygens (including phenoxy) is 1. The number of benzene rings is 2. The van der Waals surface area contributed by atoms with Gasteiger partial charge in [-0.25, -0.2) is 0 Å². The topological polar surface area (TPSA) is 69.0 Å². The van der Waals surface area contributed by atoms with Crippen LogP contribution in [0.5, 0.6) is 5.75 Å². The van der Waals surface area contributed by atoms with E-state index < -0.39 is 0 Å². The summed E-state index contributed by atoms with van der Waals surface area (Å²) in [6.45, 7) is 2.12. The Labute approximate surface area is 183 Å². The Balaban J connectivity index is 1.53. The molecule has 0 aliphatic carbocycles. The summed E-state index contributed by atoms with van der Waals surface area (Å²) in [7, 11) is 1.83. The zero-order chi connectivity index (χ0) is 20.8. The smallest absolute Gasteiger partial charge is 0.230 e. The van der Waals surface area contributed by atoms with Gasteiger partial charge in [0.05, 0.1) is 16.8 Å². The van der Waals surface area contributed by atoms with E-state index in [-0.39, 0.29) is 24.3 Å². The number of hydrogen-bond donors (Lipinski definition) is 1. The van der Waals surface area contributed by atoms with Gasteiger partial charge in [-0.15, -0.1) is 10.2 Å². The minimum absolute atomic E-state index is 0.112. The Hall–Kier alpha value is -2.22. The van der Waals surface area contributed by atoms with Crippen LogP contribution < -0.4 is 10.1 Å². The maximum absolute atomic E-state index is 12.3. The highest BCUT2D eigenvalue weighted by atomic mass is 35.5. The SMILES string of the molecule is CC(NC(=O)CSc1nnc(COc2ccccc2Cl)n1C)c1ccccc1Cl. The van der Waals surface area contributed by atoms with Gasteiger partial charge in [0.1, 0.15) is 12.4 Å². The van der Waals surface area contributed by atoms with Crippen molar-refractivity contribution in [2.45, 2.75) is 24.7 Å². The normalized spacial score (nSPS) is 11.9. The van der Waals surface area contributed by atoms with Crippen LogP contribution in [0.25, 0.3) is 0 Å². The van der Waals surface area contributed by atoms with Crippen molar-refractivity contribution in [3.8, 4) is 5.75 Å². The fourth-order valence-corrected chi connectivity index (χ4v) is 3.85. The molecule has 1 amide bonds. The summed E-state index contributed by atoms with van der Waals surface area (Å²) < 4.78 is 7.50. The zero-order valence-electron chi connectivity index (χ0n) is 15.9. The van der Waals surface area contributed by atoms with Crippen LogP contribution in [0.2, 0.25) is 10.0 Å². The molecule has 0 aliphatic rings. The van der Waals surface area contributed by atoms with Crippen molar-refractivity contribution in [1.29, 1.82) is 0 Å². The van der Waals surface area contributed by atoms with Crippen LogP contribution in [-0.2, 0) is 18.4 Å². The first-order valence-electron chi connectivity index (χ1n) is 8.88. The minimum atomic E-state index is -0.184. The van der Waals surface area contributed by atoms with Gasteiger partial charge in [-0.1, -0.05) is 65.3 Å². The monoisotopic (exact) mass is 450 g/mol. The number of rotatable bonds is 8. The number of nitrogens with one attached hydrogen (secondary N) is 1. The van der Waals surface area contributed by atoms with Crippen molar-refractivity contribution in [3.05, 3.63) is 70.0 Å². The molecule has 0 saturated carbocycles. The molecule has 1 N–H and O–H groups in total. The summed E-state index contributed by atoms with van der Waals surface area (Å²) in [6.07, 6.45) is 0. The minimum Gasteiger partial charge on any atom is -0.484 e. The number of amides is 1. The highest BCUT2D eigenvalue weighted by molar-refractivity contribution is 7.99. The van der Waals surface area contributed by atoms with Gasteiger partial charge in [0.15, 0.2) is 11.0 Å². The van der Waals surface area contributed by atoms with Gasteiger partial charge in [-0.05, 0) is 30.7 Å². The van der Waals surface area contributed by atoms with E-state index in [9.17, 15) is 4.79 Å². The Kier molecular flexibility index (Phi) is 7.41. The Morgan fingerprint density at radius 1 is 1.14 bits per heavy atom. The molecule has 1 unspecified atom stereocenters. The molecular weight excluding hydrogens is 431 g/mol. The average molecular weight is 451 g/mol. The van der Waals surface area contributed by atoms with Crippen LogP contribution in [0, 0.1) is 0 Å². The first kappa shape index (κ1) is 21.5. The molecule has 2 aromatic carbocycles. The van der Waals surface area contributed by atoms with Gasteiger partial charge in [0.2, 0.25) is 5.91 Å². The van der Waals surface area contributed by atoms with Crippen molar-refractivity contribution >= 4 is 40.9 Å². The van der Waals surface area contributed by atoms with Gasteiger partial charge < -0.3 is 14.6 Å². The maximum atomic E-state index is 12.3. The summed E-state index contributed by atoms with van der Waals surface area (Å²) >= 11 is 13.6. The highest BCUT2D eigenvalue weighted by Gasteiger charge is 2.15. The number of hydrogen-bond acceptors (Lipinski definition) is 5. The molecule has 6 nitrogen and oxygen atoms in total. The molecule has 1 heterocycles. The van der Waals surface area contributed by atoms with E-state index >= 15 is 0 Å². The van der Waals surface area contributed by atoms with Crippen LogP contribution in [0.15, 0.2) is 53.7 Å². The lowest BCUT2D eigenvalue weighted by molar-refractivity contribution is -0.119. The van der Waals surface area contributed by atoms with Crippen molar-refractivity contribution < 1.29 is 9.53 Å². The van der Waals surface area contributed by atoms with E-state index in [0.717, 1.165) is 5.56 Å². The second kappa shape index (κ2) is 10.0. The lowest BCUT2D eigenvalue weighted by Crippen LogP contribution is -2.28. The molecule has 1 aromatic heterocycles. The van der Waals surface area contributed by atoms with Gasteiger partial charge in [0.25, 0.3) is 0 Å². The number of carbonyl (C=O) groups is 1. The second-order valence-corrected chi connectivity index (χ2v) is 8.03. The van der Waals surface area contributed by atoms with Gasteiger partial charge >= 0.3 is 0 Å². The number of para-hydroxylation sites is 1. The zero-order valence-corrected chi connectivity index (χ0v) is 18.3. The van der Waals surface area contributed by atoms with E-state index in [2.05, 4.69) is 15.5 Å². The van der Waals surface area contributed by atoms with E-state index in [4.69, 9.17) is 27.9 Å². The number of aromatic nitrogens is 3. The number of carbonyl (C=O) groups excluding carboxylic acids is 1. The molecular formula is C20H20Cl2N4O2S. The predicted octanol–water partition coefficient (Wildman–Crippen LogP) is 4.67. The Morgan fingerprint density at radius 3 is 2.55 bits per heavy atom.